The Bertz CT molecular complexity index is 650. The normalized spacial score (nSPS) is 24.8. The lowest BCUT2D eigenvalue weighted by Gasteiger charge is -2.35. The van der Waals surface area contributed by atoms with Crippen LogP contribution in [0.3, 0.4) is 0 Å². The van der Waals surface area contributed by atoms with Gasteiger partial charge in [-0.1, -0.05) is 12.1 Å². The largest absolute Gasteiger partial charge is 0.494 e. The fraction of sp³-hybridized carbons (Fsp3) is 0.611. The van der Waals surface area contributed by atoms with Crippen LogP contribution in [0, 0.1) is 0 Å². The lowest BCUT2D eigenvalue weighted by molar-refractivity contribution is -0.119. The van der Waals surface area contributed by atoms with Crippen LogP contribution >= 0.6 is 0 Å². The minimum Gasteiger partial charge on any atom is -0.399 e. The molecule has 1 aromatic rings. The van der Waals surface area contributed by atoms with E-state index in [1.165, 1.54) is 11.1 Å². The van der Waals surface area contributed by atoms with Crippen molar-refractivity contribution in [2.45, 2.75) is 64.6 Å². The molecule has 1 aromatic carbocycles. The number of hydrogen-bond acceptors (Lipinski definition) is 3. The fourth-order valence-corrected chi connectivity index (χ4v) is 3.80. The monoisotopic (exact) mass is 313 g/mol. The highest BCUT2D eigenvalue weighted by Crippen LogP contribution is 2.38. The van der Waals surface area contributed by atoms with Crippen molar-refractivity contribution in [2.24, 2.45) is 0 Å². The quantitative estimate of drug-likeness (QED) is 0.746. The maximum Gasteiger partial charge on any atom is 0.494 e. The van der Waals surface area contributed by atoms with Crippen molar-refractivity contribution in [3.63, 3.8) is 0 Å². The third kappa shape index (κ3) is 2.24. The summed E-state index contributed by atoms with van der Waals surface area (Å²) in [4.78, 5) is 14.1. The smallest absolute Gasteiger partial charge is 0.399 e. The Balaban J connectivity index is 1.75. The highest BCUT2D eigenvalue weighted by atomic mass is 16.7. The third-order valence-corrected chi connectivity index (χ3v) is 5.82. The molecule has 0 radical (unpaired) electrons. The summed E-state index contributed by atoms with van der Waals surface area (Å²) >= 11 is 0. The minimum atomic E-state index is -0.327. The van der Waals surface area contributed by atoms with Crippen LogP contribution in [-0.2, 0) is 26.9 Å². The molecule has 0 atom stereocenters. The number of nitrogens with zero attached hydrogens (tertiary/aromatic N) is 1. The first-order valence-electron chi connectivity index (χ1n) is 8.60. The average molecular weight is 313 g/mol. The molecule has 0 spiro atoms. The average Bonchev–Trinajstić information content (AvgIpc) is 2.71. The predicted molar refractivity (Wildman–Crippen MR) is 91.2 cm³/mol. The lowest BCUT2D eigenvalue weighted by atomic mass is 9.75. The number of aryl methyl sites for hydroxylation is 2. The first-order valence-corrected chi connectivity index (χ1v) is 8.60. The van der Waals surface area contributed by atoms with Gasteiger partial charge in [0.2, 0.25) is 5.91 Å². The van der Waals surface area contributed by atoms with Gasteiger partial charge in [-0.05, 0) is 63.5 Å². The Morgan fingerprint density at radius 1 is 1.00 bits per heavy atom. The molecule has 0 unspecified atom stereocenters. The lowest BCUT2D eigenvalue weighted by Crippen LogP contribution is -2.42. The molecule has 3 aliphatic rings. The van der Waals surface area contributed by atoms with Crippen LogP contribution in [0.2, 0.25) is 0 Å². The molecule has 1 saturated heterocycles. The summed E-state index contributed by atoms with van der Waals surface area (Å²) in [5.41, 5.74) is 4.14. The van der Waals surface area contributed by atoms with Gasteiger partial charge in [0, 0.05) is 18.7 Å². The van der Waals surface area contributed by atoms with E-state index in [0.717, 1.165) is 37.0 Å². The molecule has 4 rings (SSSR count). The van der Waals surface area contributed by atoms with Gasteiger partial charge in [-0.15, -0.1) is 0 Å². The Labute approximate surface area is 138 Å². The first-order chi connectivity index (χ1) is 10.8. The Kier molecular flexibility index (Phi) is 3.20. The second-order valence-electron chi connectivity index (χ2n) is 7.92. The predicted octanol–water partition coefficient (Wildman–Crippen LogP) is 2.21. The van der Waals surface area contributed by atoms with Crippen LogP contribution in [0.15, 0.2) is 12.1 Å². The highest BCUT2D eigenvalue weighted by Gasteiger charge is 2.52. The molecule has 3 heterocycles. The molecule has 23 heavy (non-hydrogen) atoms. The van der Waals surface area contributed by atoms with Crippen LogP contribution in [0.25, 0.3) is 0 Å². The van der Waals surface area contributed by atoms with Gasteiger partial charge in [-0.2, -0.15) is 0 Å². The van der Waals surface area contributed by atoms with E-state index in [9.17, 15) is 4.79 Å². The molecule has 0 aliphatic carbocycles. The zero-order valence-corrected chi connectivity index (χ0v) is 14.4. The maximum atomic E-state index is 12.2. The van der Waals surface area contributed by atoms with E-state index in [1.54, 1.807) is 0 Å². The van der Waals surface area contributed by atoms with Crippen LogP contribution in [0.5, 0.6) is 0 Å². The molecular weight excluding hydrogens is 289 g/mol. The van der Waals surface area contributed by atoms with Gasteiger partial charge in [-0.25, -0.2) is 0 Å². The Morgan fingerprint density at radius 2 is 1.61 bits per heavy atom. The standard InChI is InChI=1S/C18H24BNO3/c1-17(2)18(3,4)23-19(22-17)14-10-12-6-5-9-20-15(21)8-7-13(11-14)16(12)20/h10-11H,5-9H2,1-4H3. The number of rotatable bonds is 1. The summed E-state index contributed by atoms with van der Waals surface area (Å²) in [6.45, 7) is 9.17. The van der Waals surface area contributed by atoms with Crippen LogP contribution < -0.4 is 10.4 Å². The van der Waals surface area contributed by atoms with Gasteiger partial charge in [0.05, 0.1) is 11.2 Å². The van der Waals surface area contributed by atoms with Crippen molar-refractivity contribution < 1.29 is 14.1 Å². The minimum absolute atomic E-state index is 0.266. The Hall–Kier alpha value is -1.33. The van der Waals surface area contributed by atoms with E-state index in [-0.39, 0.29) is 24.2 Å². The first kappa shape index (κ1) is 15.2. The summed E-state index contributed by atoms with van der Waals surface area (Å²) in [5.74, 6) is 0.266. The van der Waals surface area contributed by atoms with Gasteiger partial charge < -0.3 is 14.2 Å². The van der Waals surface area contributed by atoms with Crippen molar-refractivity contribution >= 4 is 24.2 Å². The Morgan fingerprint density at radius 3 is 2.26 bits per heavy atom. The van der Waals surface area contributed by atoms with Crippen molar-refractivity contribution in [3.05, 3.63) is 23.3 Å². The van der Waals surface area contributed by atoms with Crippen LogP contribution in [-0.4, -0.2) is 30.8 Å². The summed E-state index contributed by atoms with van der Waals surface area (Å²) < 4.78 is 12.4. The molecule has 0 N–H and O–H groups in total. The summed E-state index contributed by atoms with van der Waals surface area (Å²) in [6, 6.07) is 4.37. The van der Waals surface area contributed by atoms with Gasteiger partial charge in [0.15, 0.2) is 0 Å². The topological polar surface area (TPSA) is 38.8 Å². The van der Waals surface area contributed by atoms with E-state index in [0.29, 0.717) is 6.42 Å². The van der Waals surface area contributed by atoms with Crippen LogP contribution in [0.4, 0.5) is 5.69 Å². The number of carbonyl (C=O) groups is 1. The van der Waals surface area contributed by atoms with Crippen molar-refractivity contribution in [2.75, 3.05) is 11.4 Å². The molecule has 3 aliphatic heterocycles. The summed E-state index contributed by atoms with van der Waals surface area (Å²) in [7, 11) is -0.324. The number of anilines is 1. The molecule has 4 nitrogen and oxygen atoms in total. The third-order valence-electron chi connectivity index (χ3n) is 5.82. The molecule has 0 saturated carbocycles. The molecule has 0 aromatic heterocycles. The number of benzene rings is 1. The SMILES string of the molecule is CC1(C)OB(c2cc3c4c(c2)CCC(=O)N4CCC3)OC1(C)C. The molecule has 1 amide bonds. The molecule has 0 bridgehead atoms. The number of amides is 1. The van der Waals surface area contributed by atoms with Crippen molar-refractivity contribution in [3.8, 4) is 0 Å². The molecule has 5 heteroatoms. The van der Waals surface area contributed by atoms with Crippen molar-refractivity contribution in [1.29, 1.82) is 0 Å². The zero-order valence-electron chi connectivity index (χ0n) is 14.4. The summed E-state index contributed by atoms with van der Waals surface area (Å²) in [6.07, 6.45) is 3.49. The van der Waals surface area contributed by atoms with Gasteiger partial charge >= 0.3 is 7.12 Å². The molecule has 1 fully saturated rings. The van der Waals surface area contributed by atoms with Gasteiger partial charge in [0.25, 0.3) is 0 Å². The van der Waals surface area contributed by atoms with E-state index in [2.05, 4.69) is 39.8 Å². The molecule has 122 valence electrons. The maximum absolute atomic E-state index is 12.2. The van der Waals surface area contributed by atoms with Gasteiger partial charge in [-0.3, -0.25) is 4.79 Å². The van der Waals surface area contributed by atoms with E-state index in [4.69, 9.17) is 9.31 Å². The fourth-order valence-electron chi connectivity index (χ4n) is 3.80. The highest BCUT2D eigenvalue weighted by molar-refractivity contribution is 6.62. The number of hydrogen-bond donors (Lipinski definition) is 0. The van der Waals surface area contributed by atoms with Crippen LogP contribution in [0.1, 0.15) is 51.7 Å². The second-order valence-corrected chi connectivity index (χ2v) is 7.92. The van der Waals surface area contributed by atoms with E-state index >= 15 is 0 Å². The van der Waals surface area contributed by atoms with Gasteiger partial charge in [0.1, 0.15) is 0 Å². The summed E-state index contributed by atoms with van der Waals surface area (Å²) in [5, 5.41) is 0. The zero-order chi connectivity index (χ0) is 16.4. The second kappa shape index (κ2) is 4.84. The number of carbonyl (C=O) groups excluding carboxylic acids is 1. The van der Waals surface area contributed by atoms with E-state index < -0.39 is 0 Å². The molecular formula is C18H24BNO3. The van der Waals surface area contributed by atoms with Crippen molar-refractivity contribution in [1.82, 2.24) is 0 Å². The van der Waals surface area contributed by atoms with E-state index in [1.807, 2.05) is 4.90 Å².